The zero-order valence-electron chi connectivity index (χ0n) is 12.8. The highest BCUT2D eigenvalue weighted by Crippen LogP contribution is 2.18. The zero-order chi connectivity index (χ0) is 16.5. The lowest BCUT2D eigenvalue weighted by atomic mass is 10.1. The van der Waals surface area contributed by atoms with Gasteiger partial charge in [0.25, 0.3) is 0 Å². The Morgan fingerprint density at radius 1 is 1.41 bits per heavy atom. The minimum atomic E-state index is -0.940. The molecule has 2 aromatic rings. The van der Waals surface area contributed by atoms with Crippen LogP contribution in [0.15, 0.2) is 27.4 Å². The first-order valence-corrected chi connectivity index (χ1v) is 6.83. The molecule has 1 aromatic carbocycles. The van der Waals surface area contributed by atoms with Crippen LogP contribution in [0.25, 0.3) is 10.9 Å². The van der Waals surface area contributed by atoms with Crippen LogP contribution in [0.3, 0.4) is 0 Å². The monoisotopic (exact) mass is 308 g/mol. The Hall–Kier alpha value is -2.44. The lowest BCUT2D eigenvalue weighted by molar-refractivity contribution is 0.0987. The maximum atomic E-state index is 13.6. The van der Waals surface area contributed by atoms with E-state index in [9.17, 15) is 14.0 Å². The molecular formula is C15H17FN2O4. The molecule has 0 aliphatic rings. The number of halogens is 1. The molecule has 0 N–H and O–H groups in total. The smallest absolute Gasteiger partial charge is 0.373 e. The van der Waals surface area contributed by atoms with Gasteiger partial charge in [-0.15, -0.1) is 0 Å². The van der Waals surface area contributed by atoms with E-state index < -0.39 is 29.2 Å². The SMILES string of the molecule is CCN(C(=O)Oc1nc2cccc(F)c2c(=O)o1)C(C)(C)C. The third-order valence-corrected chi connectivity index (χ3v) is 3.11. The quantitative estimate of drug-likeness (QED) is 0.853. The summed E-state index contributed by atoms with van der Waals surface area (Å²) in [5, 5.41) is -0.273. The molecule has 0 fully saturated rings. The molecule has 0 unspecified atom stereocenters. The highest BCUT2D eigenvalue weighted by Gasteiger charge is 2.27. The Bertz CT molecular complexity index is 764. The first-order chi connectivity index (χ1) is 10.2. The molecular weight excluding hydrogens is 291 g/mol. The fourth-order valence-corrected chi connectivity index (χ4v) is 2.11. The number of carbonyl (C=O) groups excluding carboxylic acids is 1. The molecule has 0 saturated carbocycles. The summed E-state index contributed by atoms with van der Waals surface area (Å²) in [5.41, 5.74) is -1.34. The van der Waals surface area contributed by atoms with Crippen LogP contribution in [0, 0.1) is 5.82 Å². The van der Waals surface area contributed by atoms with Crippen LogP contribution in [-0.4, -0.2) is 28.1 Å². The van der Waals surface area contributed by atoms with Crippen LogP contribution in [0.2, 0.25) is 0 Å². The minimum Gasteiger partial charge on any atom is -0.373 e. The van der Waals surface area contributed by atoms with Crippen LogP contribution in [0.1, 0.15) is 27.7 Å². The van der Waals surface area contributed by atoms with E-state index in [1.54, 1.807) is 6.92 Å². The first kappa shape index (κ1) is 15.9. The fraction of sp³-hybridized carbons (Fsp3) is 0.400. The summed E-state index contributed by atoms with van der Waals surface area (Å²) in [7, 11) is 0. The molecule has 6 nitrogen and oxygen atoms in total. The van der Waals surface area contributed by atoms with Gasteiger partial charge in [0, 0.05) is 12.1 Å². The normalized spacial score (nSPS) is 11.5. The predicted octanol–water partition coefficient (Wildman–Crippen LogP) is 2.95. The second-order valence-corrected chi connectivity index (χ2v) is 5.68. The first-order valence-electron chi connectivity index (χ1n) is 6.83. The maximum absolute atomic E-state index is 13.6. The van der Waals surface area contributed by atoms with E-state index in [1.165, 1.54) is 17.0 Å². The Balaban J connectivity index is 2.37. The van der Waals surface area contributed by atoms with Crippen molar-refractivity contribution in [3.8, 4) is 6.08 Å². The van der Waals surface area contributed by atoms with E-state index in [-0.39, 0.29) is 10.9 Å². The van der Waals surface area contributed by atoms with Gasteiger partial charge in [0.15, 0.2) is 0 Å². The van der Waals surface area contributed by atoms with E-state index >= 15 is 0 Å². The number of aromatic nitrogens is 1. The van der Waals surface area contributed by atoms with Gasteiger partial charge < -0.3 is 14.1 Å². The third kappa shape index (κ3) is 3.08. The summed E-state index contributed by atoms with van der Waals surface area (Å²) in [4.78, 5) is 29.2. The summed E-state index contributed by atoms with van der Waals surface area (Å²) in [5.74, 6) is -0.735. The number of ether oxygens (including phenoxy) is 1. The second-order valence-electron chi connectivity index (χ2n) is 5.68. The van der Waals surface area contributed by atoms with Crippen molar-refractivity contribution in [3.05, 3.63) is 34.4 Å². The molecule has 118 valence electrons. The van der Waals surface area contributed by atoms with Crippen LogP contribution >= 0.6 is 0 Å². The van der Waals surface area contributed by atoms with E-state index in [0.29, 0.717) is 6.54 Å². The van der Waals surface area contributed by atoms with E-state index in [2.05, 4.69) is 4.98 Å². The van der Waals surface area contributed by atoms with Crippen LogP contribution in [0.5, 0.6) is 6.08 Å². The maximum Gasteiger partial charge on any atom is 0.419 e. The van der Waals surface area contributed by atoms with Gasteiger partial charge in [-0.2, -0.15) is 4.98 Å². The average molecular weight is 308 g/mol. The molecule has 1 aromatic heterocycles. The molecule has 0 spiro atoms. The van der Waals surface area contributed by atoms with Crippen molar-refractivity contribution in [2.24, 2.45) is 0 Å². The summed E-state index contributed by atoms with van der Waals surface area (Å²) >= 11 is 0. The van der Waals surface area contributed by atoms with E-state index in [1.807, 2.05) is 20.8 Å². The Morgan fingerprint density at radius 2 is 2.09 bits per heavy atom. The third-order valence-electron chi connectivity index (χ3n) is 3.11. The molecule has 0 bridgehead atoms. The molecule has 0 saturated heterocycles. The molecule has 1 amide bonds. The van der Waals surface area contributed by atoms with Crippen molar-refractivity contribution < 1.29 is 18.3 Å². The standard InChI is InChI=1S/C15H17FN2O4/c1-5-18(15(2,3)4)14(20)22-13-17-10-8-6-7-9(16)11(10)12(19)21-13/h6-8H,5H2,1-4H3. The van der Waals surface area contributed by atoms with Gasteiger partial charge in [-0.3, -0.25) is 0 Å². The number of hydrogen-bond donors (Lipinski definition) is 0. The van der Waals surface area contributed by atoms with Crippen molar-refractivity contribution in [1.29, 1.82) is 0 Å². The van der Waals surface area contributed by atoms with Crippen molar-refractivity contribution >= 4 is 17.0 Å². The number of fused-ring (bicyclic) bond motifs is 1. The molecule has 1 heterocycles. The number of rotatable bonds is 2. The second kappa shape index (κ2) is 5.75. The van der Waals surface area contributed by atoms with Gasteiger partial charge in [-0.25, -0.2) is 14.0 Å². The van der Waals surface area contributed by atoms with Crippen molar-refractivity contribution in [1.82, 2.24) is 9.88 Å². The van der Waals surface area contributed by atoms with E-state index in [0.717, 1.165) is 6.07 Å². The molecule has 0 aliphatic carbocycles. The van der Waals surface area contributed by atoms with Gasteiger partial charge >= 0.3 is 17.8 Å². The number of carbonyl (C=O) groups is 1. The lowest BCUT2D eigenvalue weighted by Crippen LogP contribution is -2.46. The number of hydrogen-bond acceptors (Lipinski definition) is 5. The highest BCUT2D eigenvalue weighted by atomic mass is 19.1. The predicted molar refractivity (Wildman–Crippen MR) is 78.4 cm³/mol. The summed E-state index contributed by atoms with van der Waals surface area (Å²) < 4.78 is 23.3. The number of amides is 1. The zero-order valence-corrected chi connectivity index (χ0v) is 12.8. The summed E-state index contributed by atoms with van der Waals surface area (Å²) in [6.07, 6.45) is -1.20. The molecule has 0 radical (unpaired) electrons. The largest absolute Gasteiger partial charge is 0.419 e. The lowest BCUT2D eigenvalue weighted by Gasteiger charge is -2.33. The molecule has 0 atom stereocenters. The molecule has 2 rings (SSSR count). The summed E-state index contributed by atoms with van der Waals surface area (Å²) in [6.45, 7) is 7.74. The van der Waals surface area contributed by atoms with Gasteiger partial charge in [0.1, 0.15) is 11.2 Å². The van der Waals surface area contributed by atoms with Gasteiger partial charge in [-0.1, -0.05) is 6.07 Å². The van der Waals surface area contributed by atoms with Crippen LogP contribution in [0.4, 0.5) is 9.18 Å². The molecule has 22 heavy (non-hydrogen) atoms. The van der Waals surface area contributed by atoms with Gasteiger partial charge in [0.2, 0.25) is 0 Å². The van der Waals surface area contributed by atoms with Crippen LogP contribution < -0.4 is 10.4 Å². The topological polar surface area (TPSA) is 72.6 Å². The van der Waals surface area contributed by atoms with Gasteiger partial charge in [0.05, 0.1) is 5.52 Å². The number of benzene rings is 1. The van der Waals surface area contributed by atoms with Crippen molar-refractivity contribution in [2.75, 3.05) is 6.54 Å². The summed E-state index contributed by atoms with van der Waals surface area (Å²) in [6, 6.07) is 3.97. The molecule has 7 heteroatoms. The Morgan fingerprint density at radius 3 is 2.68 bits per heavy atom. The Kier molecular flexibility index (Phi) is 4.16. The van der Waals surface area contributed by atoms with Crippen LogP contribution in [-0.2, 0) is 0 Å². The number of nitrogens with zero attached hydrogens (tertiary/aromatic N) is 2. The fourth-order valence-electron chi connectivity index (χ4n) is 2.11. The molecule has 0 aliphatic heterocycles. The Labute approximate surface area is 126 Å². The van der Waals surface area contributed by atoms with Crippen molar-refractivity contribution in [2.45, 2.75) is 33.2 Å². The average Bonchev–Trinajstić information content (AvgIpc) is 2.37. The van der Waals surface area contributed by atoms with Crippen molar-refractivity contribution in [3.63, 3.8) is 0 Å². The highest BCUT2D eigenvalue weighted by molar-refractivity contribution is 5.78. The van der Waals surface area contributed by atoms with E-state index in [4.69, 9.17) is 9.15 Å². The minimum absolute atomic E-state index is 0.0675. The van der Waals surface area contributed by atoms with Gasteiger partial charge in [-0.05, 0) is 39.8 Å².